The van der Waals surface area contributed by atoms with Crippen molar-refractivity contribution in [3.8, 4) is 0 Å². The van der Waals surface area contributed by atoms with E-state index in [4.69, 9.17) is 23.7 Å². The van der Waals surface area contributed by atoms with Crippen molar-refractivity contribution in [3.63, 3.8) is 0 Å². The number of fused-ring (bicyclic) bond motifs is 5. The number of aliphatic hydroxyl groups excluding tert-OH is 6. The van der Waals surface area contributed by atoms with Gasteiger partial charge in [-0.3, -0.25) is 0 Å². The molecule has 0 bridgehead atoms. The summed E-state index contributed by atoms with van der Waals surface area (Å²) in [5.74, 6) is 0.0985. The zero-order valence-corrected chi connectivity index (χ0v) is 28.1. The van der Waals surface area contributed by atoms with Crippen LogP contribution in [0.5, 0.6) is 0 Å². The van der Waals surface area contributed by atoms with Gasteiger partial charge in [0, 0.05) is 30.3 Å². The van der Waals surface area contributed by atoms with E-state index in [2.05, 4.69) is 13.8 Å². The fourth-order valence-electron chi connectivity index (χ4n) is 11.4. The maximum Gasteiger partial charge on any atom is 0.331 e. The quantitative estimate of drug-likeness (QED) is 0.149. The van der Waals surface area contributed by atoms with Crippen molar-refractivity contribution in [3.05, 3.63) is 11.6 Å². The van der Waals surface area contributed by atoms with Crippen molar-refractivity contribution >= 4 is 5.97 Å². The lowest BCUT2D eigenvalue weighted by Gasteiger charge is -2.63. The van der Waals surface area contributed by atoms with E-state index in [0.29, 0.717) is 18.3 Å². The van der Waals surface area contributed by atoms with Crippen molar-refractivity contribution in [2.24, 2.45) is 34.5 Å². The molecule has 3 heterocycles. The lowest BCUT2D eigenvalue weighted by atomic mass is 9.43. The smallest absolute Gasteiger partial charge is 0.331 e. The predicted molar refractivity (Wildman–Crippen MR) is 166 cm³/mol. The Morgan fingerprint density at radius 2 is 1.67 bits per heavy atom. The molecule has 13 nitrogen and oxygen atoms in total. The molecule has 7 rings (SSSR count). The van der Waals surface area contributed by atoms with Gasteiger partial charge in [0.05, 0.1) is 36.6 Å². The SMILES string of the molecule is C[C@@H]1O[C@@H](O[C@H]2CC[C@@]3(C)[C@H](CC[C@@H]4[C@H]3CC[C@]3(C)[C@@H](C5=CC(=O)OC5)[C@@H](O)C[C@]43O)C2)C[C@H](O)[C@H]1O[C@@H]1O[C@@H](CO)[C@H](O)[C@H](O)[C@H]1O. The molecule has 0 aromatic carbocycles. The summed E-state index contributed by atoms with van der Waals surface area (Å²) in [7, 11) is 0. The molecule has 0 unspecified atom stereocenters. The van der Waals surface area contributed by atoms with Crippen molar-refractivity contribution in [2.45, 2.75) is 152 Å². The van der Waals surface area contributed by atoms with Crippen LogP contribution in [0.1, 0.15) is 78.6 Å². The third-order valence-corrected chi connectivity index (χ3v) is 14.0. The molecule has 0 spiro atoms. The fraction of sp³-hybridized carbons (Fsp3) is 0.914. The summed E-state index contributed by atoms with van der Waals surface area (Å²) in [6.07, 6.45) is -3.04. The third kappa shape index (κ3) is 5.51. The van der Waals surface area contributed by atoms with Crippen LogP contribution in [0.3, 0.4) is 0 Å². The summed E-state index contributed by atoms with van der Waals surface area (Å²) in [5, 5.41) is 74.9. The van der Waals surface area contributed by atoms with Crippen LogP contribution in [0.4, 0.5) is 0 Å². The van der Waals surface area contributed by atoms with Crippen molar-refractivity contribution < 1.29 is 64.2 Å². The Kier molecular flexibility index (Phi) is 9.36. The number of rotatable bonds is 6. The van der Waals surface area contributed by atoms with Gasteiger partial charge in [-0.1, -0.05) is 13.8 Å². The number of carbonyl (C=O) groups excluding carboxylic acids is 1. The third-order valence-electron chi connectivity index (χ3n) is 14.0. The molecule has 0 amide bonds. The molecule has 48 heavy (non-hydrogen) atoms. The summed E-state index contributed by atoms with van der Waals surface area (Å²) in [6.45, 7) is 5.81. The van der Waals surface area contributed by atoms with Gasteiger partial charge < -0.3 is 59.4 Å². The Morgan fingerprint density at radius 3 is 2.35 bits per heavy atom. The maximum atomic E-state index is 12.5. The lowest BCUT2D eigenvalue weighted by Crippen LogP contribution is -2.62. The highest BCUT2D eigenvalue weighted by Gasteiger charge is 2.70. The van der Waals surface area contributed by atoms with Gasteiger partial charge in [-0.25, -0.2) is 4.79 Å². The Morgan fingerprint density at radius 1 is 0.896 bits per heavy atom. The summed E-state index contributed by atoms with van der Waals surface area (Å²) in [4.78, 5) is 11.9. The summed E-state index contributed by atoms with van der Waals surface area (Å²) in [5.41, 5.74) is -0.737. The van der Waals surface area contributed by atoms with Gasteiger partial charge in [0.2, 0.25) is 0 Å². The molecule has 6 fully saturated rings. The Balaban J connectivity index is 0.969. The Hall–Kier alpha value is -1.23. The summed E-state index contributed by atoms with van der Waals surface area (Å²) in [6, 6.07) is 0. The number of cyclic esters (lactones) is 1. The highest BCUT2D eigenvalue weighted by atomic mass is 16.7. The Bertz CT molecular complexity index is 1230. The second-order valence-corrected chi connectivity index (χ2v) is 16.4. The number of aliphatic hydroxyl groups is 7. The van der Waals surface area contributed by atoms with Gasteiger partial charge >= 0.3 is 5.97 Å². The van der Waals surface area contributed by atoms with E-state index >= 15 is 0 Å². The van der Waals surface area contributed by atoms with Crippen LogP contribution in [0.15, 0.2) is 11.6 Å². The second kappa shape index (κ2) is 12.8. The van der Waals surface area contributed by atoms with Crippen LogP contribution in [0.25, 0.3) is 0 Å². The van der Waals surface area contributed by atoms with E-state index in [-0.39, 0.29) is 42.4 Å². The highest BCUT2D eigenvalue weighted by Crippen LogP contribution is 2.70. The molecule has 272 valence electrons. The average molecular weight is 683 g/mol. The molecule has 0 aromatic heterocycles. The minimum absolute atomic E-state index is 0.0130. The standard InChI is InChI=1S/C35H54O13/c1-16-31(48-32-30(42)29(41)28(40)24(14-36)47-32)22(37)12-26(45-16)46-19-6-8-33(2)18(11-19)4-5-21-20(33)7-9-34(3)27(17-10-25(39)44-15-17)23(38)13-35(21,34)43/h10,16,18-24,26-32,36-38,40-43H,4-9,11-15H2,1-3H3/t16-,18+,19-,20+,21+,22-,23-,24-,26-,27-,28-,29-,30+,31-,32-,33-,34+,35-/m0/s1. The number of carbonyl (C=O) groups is 1. The van der Waals surface area contributed by atoms with E-state index in [0.717, 1.165) is 50.5 Å². The van der Waals surface area contributed by atoms with E-state index in [9.17, 15) is 40.5 Å². The molecule has 2 saturated heterocycles. The van der Waals surface area contributed by atoms with Crippen LogP contribution in [0.2, 0.25) is 0 Å². The van der Waals surface area contributed by atoms with Crippen molar-refractivity contribution in [1.29, 1.82) is 0 Å². The largest absolute Gasteiger partial charge is 0.458 e. The van der Waals surface area contributed by atoms with E-state index in [1.165, 1.54) is 6.08 Å². The van der Waals surface area contributed by atoms with Crippen molar-refractivity contribution in [2.75, 3.05) is 13.2 Å². The molecule has 4 aliphatic carbocycles. The topological polar surface area (TPSA) is 205 Å². The molecular weight excluding hydrogens is 628 g/mol. The zero-order valence-electron chi connectivity index (χ0n) is 28.1. The fourth-order valence-corrected chi connectivity index (χ4v) is 11.4. The highest BCUT2D eigenvalue weighted by molar-refractivity contribution is 5.85. The monoisotopic (exact) mass is 682 g/mol. The van der Waals surface area contributed by atoms with Gasteiger partial charge in [0.25, 0.3) is 0 Å². The van der Waals surface area contributed by atoms with Gasteiger partial charge in [-0.15, -0.1) is 0 Å². The minimum atomic E-state index is -1.58. The normalized spacial score (nSPS) is 55.3. The summed E-state index contributed by atoms with van der Waals surface area (Å²) >= 11 is 0. The summed E-state index contributed by atoms with van der Waals surface area (Å²) < 4.78 is 29.1. The Labute approximate surface area is 281 Å². The first-order chi connectivity index (χ1) is 22.7. The molecule has 18 atom stereocenters. The van der Waals surface area contributed by atoms with Gasteiger partial charge in [0.1, 0.15) is 37.1 Å². The first kappa shape index (κ1) is 35.2. The molecule has 13 heteroatoms. The van der Waals surface area contributed by atoms with Gasteiger partial charge in [-0.2, -0.15) is 0 Å². The lowest BCUT2D eigenvalue weighted by molar-refractivity contribution is -0.344. The molecule has 4 saturated carbocycles. The van der Waals surface area contributed by atoms with E-state index in [1.807, 2.05) is 0 Å². The van der Waals surface area contributed by atoms with Crippen LogP contribution in [0, 0.1) is 34.5 Å². The number of esters is 1. The van der Waals surface area contributed by atoms with Crippen LogP contribution in [-0.4, -0.2) is 128 Å². The van der Waals surface area contributed by atoms with Gasteiger partial charge in [-0.05, 0) is 80.6 Å². The number of hydrogen-bond acceptors (Lipinski definition) is 13. The number of ether oxygens (including phenoxy) is 5. The van der Waals surface area contributed by atoms with E-state index in [1.54, 1.807) is 6.92 Å². The number of hydrogen-bond donors (Lipinski definition) is 7. The van der Waals surface area contributed by atoms with Gasteiger partial charge in [0.15, 0.2) is 12.6 Å². The maximum absolute atomic E-state index is 12.5. The molecule has 3 aliphatic heterocycles. The van der Waals surface area contributed by atoms with Crippen LogP contribution < -0.4 is 0 Å². The molecular formula is C35H54O13. The second-order valence-electron chi connectivity index (χ2n) is 16.4. The first-order valence-electron chi connectivity index (χ1n) is 17.9. The molecule has 7 N–H and O–H groups in total. The first-order valence-corrected chi connectivity index (χ1v) is 17.9. The average Bonchev–Trinajstić information content (AvgIpc) is 3.54. The van der Waals surface area contributed by atoms with E-state index < -0.39 is 79.0 Å². The minimum Gasteiger partial charge on any atom is -0.458 e. The molecule has 0 aromatic rings. The van der Waals surface area contributed by atoms with Crippen molar-refractivity contribution in [1.82, 2.24) is 0 Å². The molecule has 0 radical (unpaired) electrons. The van der Waals surface area contributed by atoms with Crippen LogP contribution >= 0.6 is 0 Å². The molecule has 7 aliphatic rings. The van der Waals surface area contributed by atoms with Crippen LogP contribution in [-0.2, 0) is 28.5 Å². The zero-order chi connectivity index (χ0) is 34.3. The predicted octanol–water partition coefficient (Wildman–Crippen LogP) is 0.280.